The smallest absolute Gasteiger partial charge is 0.329 e. The normalized spacial score (nSPS) is 25.1. The molecule has 0 heterocycles. The Hall–Kier alpha value is -1.03. The van der Waals surface area contributed by atoms with Gasteiger partial charge in [-0.15, -0.1) is 0 Å². The SMILES string of the molecule is O=C(O)COCCCCC1C(O)CC(O)C1SCC(O)COc1cccc(Cl)c1. The van der Waals surface area contributed by atoms with E-state index in [2.05, 4.69) is 0 Å². The lowest BCUT2D eigenvalue weighted by Gasteiger charge is -2.24. The molecule has 0 radical (unpaired) electrons. The Morgan fingerprint density at radius 2 is 2.07 bits per heavy atom. The second kappa shape index (κ2) is 12.6. The Bertz CT molecular complexity index is 633. The molecule has 1 aromatic carbocycles. The molecule has 2 rings (SSSR count). The van der Waals surface area contributed by atoms with Gasteiger partial charge in [-0.25, -0.2) is 4.79 Å². The van der Waals surface area contributed by atoms with Crippen LogP contribution in [0.5, 0.6) is 5.75 Å². The lowest BCUT2D eigenvalue weighted by Crippen LogP contribution is -2.28. The van der Waals surface area contributed by atoms with Crippen LogP contribution in [0.25, 0.3) is 0 Å². The highest BCUT2D eigenvalue weighted by Gasteiger charge is 2.41. The van der Waals surface area contributed by atoms with Gasteiger partial charge < -0.3 is 29.9 Å². The van der Waals surface area contributed by atoms with Gasteiger partial charge in [-0.2, -0.15) is 11.8 Å². The molecule has 164 valence electrons. The number of carboxylic acids is 1. The molecule has 1 fully saturated rings. The van der Waals surface area contributed by atoms with Crippen LogP contribution >= 0.6 is 23.4 Å². The number of aliphatic carboxylic acids is 1. The molecule has 9 heteroatoms. The molecule has 0 bridgehead atoms. The summed E-state index contributed by atoms with van der Waals surface area (Å²) in [4.78, 5) is 10.4. The van der Waals surface area contributed by atoms with E-state index in [1.54, 1.807) is 24.3 Å². The summed E-state index contributed by atoms with van der Waals surface area (Å²) in [6.45, 7) is 0.164. The van der Waals surface area contributed by atoms with E-state index in [1.807, 2.05) is 0 Å². The summed E-state index contributed by atoms with van der Waals surface area (Å²) in [5.74, 6) is -0.0992. The largest absolute Gasteiger partial charge is 0.491 e. The first-order chi connectivity index (χ1) is 13.9. The summed E-state index contributed by atoms with van der Waals surface area (Å²) in [6, 6.07) is 6.95. The molecule has 1 aliphatic rings. The number of ether oxygens (including phenoxy) is 2. The van der Waals surface area contributed by atoms with Crippen molar-refractivity contribution in [3.05, 3.63) is 29.3 Å². The molecule has 5 unspecified atom stereocenters. The van der Waals surface area contributed by atoms with E-state index >= 15 is 0 Å². The molecular weight excluding hydrogens is 420 g/mol. The predicted octanol–water partition coefficient (Wildman–Crippen LogP) is 2.19. The number of halogens is 1. The standard InChI is InChI=1S/C20H29ClO7S/c21-13-4-3-5-15(8-13)28-10-14(22)12-29-20-16(17(23)9-18(20)24)6-1-2-7-27-11-19(25)26/h3-5,8,14,16-18,20,22-24H,1-2,6-7,9-12H2,(H,25,26). The van der Waals surface area contributed by atoms with Crippen molar-refractivity contribution in [2.24, 2.45) is 5.92 Å². The van der Waals surface area contributed by atoms with Crippen LogP contribution in [0, 0.1) is 5.92 Å². The van der Waals surface area contributed by atoms with Crippen molar-refractivity contribution < 1.29 is 34.7 Å². The summed E-state index contributed by atoms with van der Waals surface area (Å²) < 4.78 is 10.6. The summed E-state index contributed by atoms with van der Waals surface area (Å²) in [7, 11) is 0. The zero-order valence-electron chi connectivity index (χ0n) is 16.2. The van der Waals surface area contributed by atoms with Crippen molar-refractivity contribution in [3.8, 4) is 5.75 Å². The molecule has 0 saturated heterocycles. The van der Waals surface area contributed by atoms with E-state index in [9.17, 15) is 20.1 Å². The van der Waals surface area contributed by atoms with E-state index in [4.69, 9.17) is 26.2 Å². The highest BCUT2D eigenvalue weighted by molar-refractivity contribution is 8.00. The Labute approximate surface area is 180 Å². The van der Waals surface area contributed by atoms with Crippen LogP contribution in [0.1, 0.15) is 25.7 Å². The van der Waals surface area contributed by atoms with Crippen LogP contribution in [-0.2, 0) is 9.53 Å². The van der Waals surface area contributed by atoms with E-state index in [-0.39, 0.29) is 24.4 Å². The monoisotopic (exact) mass is 448 g/mol. The predicted molar refractivity (Wildman–Crippen MR) is 112 cm³/mol. The minimum absolute atomic E-state index is 0.0736. The van der Waals surface area contributed by atoms with Crippen molar-refractivity contribution in [2.75, 3.05) is 25.6 Å². The van der Waals surface area contributed by atoms with Crippen molar-refractivity contribution in [1.29, 1.82) is 0 Å². The number of carbonyl (C=O) groups is 1. The second-order valence-electron chi connectivity index (χ2n) is 7.20. The Morgan fingerprint density at radius 1 is 1.28 bits per heavy atom. The van der Waals surface area contributed by atoms with Crippen LogP contribution in [0.4, 0.5) is 0 Å². The molecule has 0 amide bonds. The number of hydrogen-bond acceptors (Lipinski definition) is 7. The molecule has 0 aliphatic heterocycles. The number of rotatable bonds is 13. The zero-order chi connectivity index (χ0) is 21.2. The Balaban J connectivity index is 1.71. The van der Waals surface area contributed by atoms with Gasteiger partial charge in [0.25, 0.3) is 0 Å². The first-order valence-electron chi connectivity index (χ1n) is 9.70. The fourth-order valence-electron chi connectivity index (χ4n) is 3.42. The number of aliphatic hydroxyl groups excluding tert-OH is 3. The summed E-state index contributed by atoms with van der Waals surface area (Å²) in [5, 5.41) is 39.7. The third-order valence-electron chi connectivity index (χ3n) is 4.80. The Kier molecular flexibility index (Phi) is 10.5. The minimum atomic E-state index is -0.992. The Morgan fingerprint density at radius 3 is 2.79 bits per heavy atom. The summed E-state index contributed by atoms with van der Waals surface area (Å²) in [6.07, 6.45) is 0.584. The first kappa shape index (κ1) is 24.2. The lowest BCUT2D eigenvalue weighted by molar-refractivity contribution is -0.142. The molecule has 0 spiro atoms. The molecule has 4 N–H and O–H groups in total. The lowest BCUT2D eigenvalue weighted by atomic mass is 9.98. The number of hydrogen-bond donors (Lipinski definition) is 4. The average Bonchev–Trinajstić information content (AvgIpc) is 2.93. The molecule has 1 aromatic rings. The van der Waals surface area contributed by atoms with E-state index in [0.717, 1.165) is 6.42 Å². The van der Waals surface area contributed by atoms with Gasteiger partial charge in [0, 0.05) is 29.1 Å². The quantitative estimate of drug-likeness (QED) is 0.339. The first-order valence-corrected chi connectivity index (χ1v) is 11.1. The van der Waals surface area contributed by atoms with Gasteiger partial charge in [0.05, 0.1) is 18.3 Å². The molecule has 7 nitrogen and oxygen atoms in total. The summed E-state index contributed by atoms with van der Waals surface area (Å²) >= 11 is 7.35. The van der Waals surface area contributed by atoms with E-state index in [1.165, 1.54) is 11.8 Å². The third kappa shape index (κ3) is 8.70. The van der Waals surface area contributed by atoms with Gasteiger partial charge in [-0.1, -0.05) is 24.1 Å². The van der Waals surface area contributed by atoms with Gasteiger partial charge in [0.15, 0.2) is 0 Å². The van der Waals surface area contributed by atoms with Crippen molar-refractivity contribution in [2.45, 2.75) is 49.2 Å². The number of benzene rings is 1. The van der Waals surface area contributed by atoms with Crippen LogP contribution in [0.3, 0.4) is 0 Å². The van der Waals surface area contributed by atoms with Crippen LogP contribution in [0.2, 0.25) is 5.02 Å². The second-order valence-corrected chi connectivity index (χ2v) is 8.84. The maximum absolute atomic E-state index is 10.4. The number of carboxylic acid groups (broad SMARTS) is 1. The maximum Gasteiger partial charge on any atom is 0.329 e. The van der Waals surface area contributed by atoms with E-state index in [0.29, 0.717) is 42.4 Å². The number of thioether (sulfide) groups is 1. The van der Waals surface area contributed by atoms with E-state index < -0.39 is 24.3 Å². The van der Waals surface area contributed by atoms with Gasteiger partial charge in [0.2, 0.25) is 0 Å². The number of aliphatic hydroxyl groups is 3. The van der Waals surface area contributed by atoms with Crippen molar-refractivity contribution in [3.63, 3.8) is 0 Å². The van der Waals surface area contributed by atoms with Crippen molar-refractivity contribution in [1.82, 2.24) is 0 Å². The summed E-state index contributed by atoms with van der Waals surface area (Å²) in [5.41, 5.74) is 0. The minimum Gasteiger partial charge on any atom is -0.491 e. The van der Waals surface area contributed by atoms with Crippen LogP contribution in [0.15, 0.2) is 24.3 Å². The highest BCUT2D eigenvalue weighted by atomic mass is 35.5. The maximum atomic E-state index is 10.4. The topological polar surface area (TPSA) is 116 Å². The van der Waals surface area contributed by atoms with Crippen LogP contribution < -0.4 is 4.74 Å². The zero-order valence-corrected chi connectivity index (χ0v) is 17.7. The van der Waals surface area contributed by atoms with Crippen molar-refractivity contribution >= 4 is 29.3 Å². The highest BCUT2D eigenvalue weighted by Crippen LogP contribution is 2.39. The molecule has 29 heavy (non-hydrogen) atoms. The third-order valence-corrected chi connectivity index (χ3v) is 6.66. The number of unbranched alkanes of at least 4 members (excludes halogenated alkanes) is 1. The van der Waals surface area contributed by atoms with Gasteiger partial charge in [0.1, 0.15) is 19.0 Å². The molecule has 1 aliphatic carbocycles. The molecule has 1 saturated carbocycles. The van der Waals surface area contributed by atoms with Gasteiger partial charge in [-0.05, 0) is 37.0 Å². The fraction of sp³-hybridized carbons (Fsp3) is 0.650. The fourth-order valence-corrected chi connectivity index (χ4v) is 5.03. The van der Waals surface area contributed by atoms with Gasteiger partial charge in [-0.3, -0.25) is 0 Å². The molecule has 0 aromatic heterocycles. The molecular formula is C20H29ClO7S. The average molecular weight is 449 g/mol. The van der Waals surface area contributed by atoms with Gasteiger partial charge >= 0.3 is 5.97 Å². The van der Waals surface area contributed by atoms with Crippen LogP contribution in [-0.4, -0.2) is 75.5 Å². The molecule has 5 atom stereocenters.